The van der Waals surface area contributed by atoms with Crippen LogP contribution in [0.1, 0.15) is 51.1 Å². The maximum absolute atomic E-state index is 12.3. The van der Waals surface area contributed by atoms with Crippen LogP contribution in [0.5, 0.6) is 0 Å². The second kappa shape index (κ2) is 9.04. The molecular formula is C19H31N3O. The number of carbonyl (C=O) groups excluding carboxylic acids is 1. The van der Waals surface area contributed by atoms with Crippen LogP contribution < -0.4 is 11.1 Å². The molecule has 1 aromatic carbocycles. The second-order valence-electron chi connectivity index (χ2n) is 6.51. The molecule has 1 aromatic rings. The molecule has 3 atom stereocenters. The fourth-order valence-corrected chi connectivity index (χ4v) is 3.64. The zero-order valence-electron chi connectivity index (χ0n) is 14.5. The third-order valence-corrected chi connectivity index (χ3v) is 5.10. The summed E-state index contributed by atoms with van der Waals surface area (Å²) < 4.78 is 0. The van der Waals surface area contributed by atoms with Crippen LogP contribution in [0, 0.1) is 5.92 Å². The van der Waals surface area contributed by atoms with E-state index in [-0.39, 0.29) is 18.0 Å². The molecule has 1 fully saturated rings. The van der Waals surface area contributed by atoms with Gasteiger partial charge in [0.2, 0.25) is 5.91 Å². The maximum Gasteiger partial charge on any atom is 0.220 e. The number of hydrogen-bond donors (Lipinski definition) is 2. The van der Waals surface area contributed by atoms with E-state index in [1.807, 2.05) is 6.07 Å². The molecular weight excluding hydrogens is 286 g/mol. The van der Waals surface area contributed by atoms with E-state index in [4.69, 9.17) is 5.73 Å². The van der Waals surface area contributed by atoms with Crippen molar-refractivity contribution in [1.29, 1.82) is 0 Å². The number of likely N-dealkylation sites (N-methyl/N-ethyl adjacent to an activating group) is 1. The van der Waals surface area contributed by atoms with Crippen molar-refractivity contribution < 1.29 is 4.79 Å². The fraction of sp³-hybridized carbons (Fsp3) is 0.632. The Morgan fingerprint density at radius 3 is 2.52 bits per heavy atom. The number of nitrogens with one attached hydrogen (secondary N) is 1. The molecule has 2 rings (SSSR count). The Kier molecular flexibility index (Phi) is 7.06. The summed E-state index contributed by atoms with van der Waals surface area (Å²) in [5.41, 5.74) is 7.34. The lowest BCUT2D eigenvalue weighted by Gasteiger charge is -2.30. The van der Waals surface area contributed by atoms with Gasteiger partial charge in [-0.1, -0.05) is 50.6 Å². The van der Waals surface area contributed by atoms with Gasteiger partial charge in [0, 0.05) is 19.0 Å². The molecule has 0 aliphatic heterocycles. The molecule has 1 saturated carbocycles. The molecule has 0 aromatic heterocycles. The first-order valence-electron chi connectivity index (χ1n) is 8.97. The largest absolute Gasteiger partial charge is 0.354 e. The number of rotatable bonds is 8. The van der Waals surface area contributed by atoms with Crippen LogP contribution >= 0.6 is 0 Å². The number of benzene rings is 1. The van der Waals surface area contributed by atoms with E-state index in [1.54, 1.807) is 0 Å². The summed E-state index contributed by atoms with van der Waals surface area (Å²) in [6.07, 6.45) is 3.88. The molecule has 4 nitrogen and oxygen atoms in total. The molecule has 128 valence electrons. The van der Waals surface area contributed by atoms with Crippen molar-refractivity contribution in [2.75, 3.05) is 19.6 Å². The summed E-state index contributed by atoms with van der Waals surface area (Å²) in [5, 5.41) is 3.14. The third-order valence-electron chi connectivity index (χ3n) is 5.10. The van der Waals surface area contributed by atoms with Crippen molar-refractivity contribution in [3.63, 3.8) is 0 Å². The Labute approximate surface area is 140 Å². The summed E-state index contributed by atoms with van der Waals surface area (Å²) in [7, 11) is 0. The van der Waals surface area contributed by atoms with E-state index >= 15 is 0 Å². The van der Waals surface area contributed by atoms with Crippen LogP contribution in [0.15, 0.2) is 30.3 Å². The van der Waals surface area contributed by atoms with Gasteiger partial charge in [-0.2, -0.15) is 0 Å². The van der Waals surface area contributed by atoms with Crippen LogP contribution in [-0.4, -0.2) is 36.5 Å². The zero-order chi connectivity index (χ0) is 16.7. The van der Waals surface area contributed by atoms with Gasteiger partial charge in [-0.3, -0.25) is 9.69 Å². The van der Waals surface area contributed by atoms with Gasteiger partial charge in [-0.25, -0.2) is 0 Å². The molecule has 0 bridgehead atoms. The van der Waals surface area contributed by atoms with Gasteiger partial charge < -0.3 is 11.1 Å². The first-order valence-corrected chi connectivity index (χ1v) is 8.97. The molecule has 1 aliphatic carbocycles. The summed E-state index contributed by atoms with van der Waals surface area (Å²) in [6, 6.07) is 10.9. The topological polar surface area (TPSA) is 58.4 Å². The Morgan fingerprint density at radius 2 is 1.96 bits per heavy atom. The van der Waals surface area contributed by atoms with Gasteiger partial charge in [-0.05, 0) is 37.4 Å². The molecule has 0 radical (unpaired) electrons. The monoisotopic (exact) mass is 317 g/mol. The van der Waals surface area contributed by atoms with Crippen molar-refractivity contribution in [2.24, 2.45) is 11.7 Å². The van der Waals surface area contributed by atoms with E-state index < -0.39 is 0 Å². The first kappa shape index (κ1) is 18.0. The lowest BCUT2D eigenvalue weighted by molar-refractivity contribution is -0.122. The fourth-order valence-electron chi connectivity index (χ4n) is 3.64. The van der Waals surface area contributed by atoms with Gasteiger partial charge >= 0.3 is 0 Å². The van der Waals surface area contributed by atoms with E-state index in [0.29, 0.717) is 18.9 Å². The van der Waals surface area contributed by atoms with E-state index in [9.17, 15) is 4.79 Å². The number of amides is 1. The highest BCUT2D eigenvalue weighted by Crippen LogP contribution is 2.27. The van der Waals surface area contributed by atoms with Gasteiger partial charge in [0.05, 0.1) is 6.04 Å². The Bertz CT molecular complexity index is 473. The standard InChI is InChI=1S/C19H31N3O/c1-3-22(4-2)18(15-9-6-5-7-10-15)14-21-19(23)13-16-11-8-12-17(16)20/h5-7,9-10,16-18H,3-4,8,11-14,20H2,1-2H3,(H,21,23)/t16-,17+,18?/m0/s1. The number of hydrogen-bond acceptors (Lipinski definition) is 3. The average molecular weight is 317 g/mol. The molecule has 1 amide bonds. The second-order valence-corrected chi connectivity index (χ2v) is 6.51. The zero-order valence-corrected chi connectivity index (χ0v) is 14.5. The molecule has 1 unspecified atom stereocenters. The highest BCUT2D eigenvalue weighted by atomic mass is 16.1. The van der Waals surface area contributed by atoms with Crippen molar-refractivity contribution in [1.82, 2.24) is 10.2 Å². The number of nitrogens with two attached hydrogens (primary N) is 1. The summed E-state index contributed by atoms with van der Waals surface area (Å²) in [4.78, 5) is 14.7. The highest BCUT2D eigenvalue weighted by molar-refractivity contribution is 5.76. The molecule has 4 heteroatoms. The summed E-state index contributed by atoms with van der Waals surface area (Å²) in [6.45, 7) is 6.93. The van der Waals surface area contributed by atoms with Crippen LogP contribution in [0.3, 0.4) is 0 Å². The minimum atomic E-state index is 0.139. The van der Waals surface area contributed by atoms with Gasteiger partial charge in [-0.15, -0.1) is 0 Å². The quantitative estimate of drug-likeness (QED) is 0.775. The van der Waals surface area contributed by atoms with Gasteiger partial charge in [0.25, 0.3) is 0 Å². The van der Waals surface area contributed by atoms with Gasteiger partial charge in [0.1, 0.15) is 0 Å². The molecule has 0 saturated heterocycles. The van der Waals surface area contributed by atoms with Crippen LogP contribution in [0.25, 0.3) is 0 Å². The Hall–Kier alpha value is -1.39. The highest BCUT2D eigenvalue weighted by Gasteiger charge is 2.26. The smallest absolute Gasteiger partial charge is 0.220 e. The third kappa shape index (κ3) is 5.05. The van der Waals surface area contributed by atoms with E-state index in [1.165, 1.54) is 5.56 Å². The molecule has 3 N–H and O–H groups in total. The van der Waals surface area contributed by atoms with Crippen LogP contribution in [0.2, 0.25) is 0 Å². The van der Waals surface area contributed by atoms with E-state index in [0.717, 1.165) is 32.4 Å². The summed E-state index contributed by atoms with van der Waals surface area (Å²) in [5.74, 6) is 0.499. The molecule has 0 spiro atoms. The molecule has 0 heterocycles. The van der Waals surface area contributed by atoms with Crippen LogP contribution in [-0.2, 0) is 4.79 Å². The molecule has 23 heavy (non-hydrogen) atoms. The minimum absolute atomic E-state index is 0.139. The molecule has 1 aliphatic rings. The predicted octanol–water partition coefficient (Wildman–Crippen LogP) is 2.70. The van der Waals surface area contributed by atoms with Gasteiger partial charge in [0.15, 0.2) is 0 Å². The predicted molar refractivity (Wildman–Crippen MR) is 95.0 cm³/mol. The van der Waals surface area contributed by atoms with Crippen molar-refractivity contribution in [2.45, 2.75) is 51.6 Å². The lowest BCUT2D eigenvalue weighted by atomic mass is 9.99. The van der Waals surface area contributed by atoms with Crippen LogP contribution in [0.4, 0.5) is 0 Å². The SMILES string of the molecule is CCN(CC)C(CNC(=O)C[C@@H]1CCC[C@H]1N)c1ccccc1. The lowest BCUT2D eigenvalue weighted by Crippen LogP contribution is -2.39. The first-order chi connectivity index (χ1) is 11.2. The normalized spacial score (nSPS) is 22.3. The van der Waals surface area contributed by atoms with Crippen molar-refractivity contribution in [3.8, 4) is 0 Å². The van der Waals surface area contributed by atoms with Crippen molar-refractivity contribution in [3.05, 3.63) is 35.9 Å². The average Bonchev–Trinajstić information content (AvgIpc) is 2.97. The number of nitrogens with zero attached hydrogens (tertiary/aromatic N) is 1. The minimum Gasteiger partial charge on any atom is -0.354 e. The Balaban J connectivity index is 1.93. The Morgan fingerprint density at radius 1 is 1.26 bits per heavy atom. The van der Waals surface area contributed by atoms with E-state index in [2.05, 4.69) is 48.3 Å². The maximum atomic E-state index is 12.3. The van der Waals surface area contributed by atoms with Crippen molar-refractivity contribution >= 4 is 5.91 Å². The summed E-state index contributed by atoms with van der Waals surface area (Å²) >= 11 is 0. The number of carbonyl (C=O) groups is 1.